The van der Waals surface area contributed by atoms with Crippen LogP contribution in [0.15, 0.2) is 70.3 Å². The topological polar surface area (TPSA) is 42.6 Å². The normalized spacial score (nSPS) is 14.8. The molecule has 0 N–H and O–H groups in total. The highest BCUT2D eigenvalue weighted by atomic mass is 19.1. The zero-order chi connectivity index (χ0) is 15.1. The lowest BCUT2D eigenvalue weighted by molar-refractivity contribution is 0.101. The highest BCUT2D eigenvalue weighted by molar-refractivity contribution is 6.29. The lowest BCUT2D eigenvalue weighted by Gasteiger charge is -2.16. The first-order chi connectivity index (χ1) is 10.7. The Labute approximate surface area is 125 Å². The van der Waals surface area contributed by atoms with Gasteiger partial charge in [-0.3, -0.25) is 4.79 Å². The second-order valence-electron chi connectivity index (χ2n) is 4.97. The van der Waals surface area contributed by atoms with Gasteiger partial charge in [0.05, 0.1) is 23.2 Å². The van der Waals surface area contributed by atoms with Gasteiger partial charge in [-0.1, -0.05) is 24.3 Å². The van der Waals surface area contributed by atoms with Crippen molar-refractivity contribution in [3.8, 4) is 0 Å². The van der Waals surface area contributed by atoms with Crippen molar-refractivity contribution in [3.05, 3.63) is 89.1 Å². The summed E-state index contributed by atoms with van der Waals surface area (Å²) in [5.74, 6) is -0.166. The van der Waals surface area contributed by atoms with Gasteiger partial charge in [-0.25, -0.2) is 9.38 Å². The Kier molecular flexibility index (Phi) is 2.76. The van der Waals surface area contributed by atoms with Crippen molar-refractivity contribution in [2.45, 2.75) is 0 Å². The molecule has 0 saturated heterocycles. The van der Waals surface area contributed by atoms with Crippen LogP contribution in [0.1, 0.15) is 27.2 Å². The molecule has 0 radical (unpaired) electrons. The van der Waals surface area contributed by atoms with Gasteiger partial charge in [-0.05, 0) is 30.3 Å². The quantitative estimate of drug-likeness (QED) is 0.529. The lowest BCUT2D eigenvalue weighted by atomic mass is 9.88. The highest BCUT2D eigenvalue weighted by Gasteiger charge is 2.30. The average molecular weight is 291 g/mol. The third kappa shape index (κ3) is 1.89. The van der Waals surface area contributed by atoms with E-state index in [1.54, 1.807) is 30.3 Å². The third-order valence-electron chi connectivity index (χ3n) is 3.62. The number of nitrogens with zero attached hydrogens (tertiary/aromatic N) is 1. The van der Waals surface area contributed by atoms with E-state index in [-0.39, 0.29) is 11.6 Å². The van der Waals surface area contributed by atoms with E-state index < -0.39 is 0 Å². The molecule has 0 fully saturated rings. The van der Waals surface area contributed by atoms with Crippen LogP contribution in [0.5, 0.6) is 0 Å². The fraction of sp³-hybridized carbons (Fsp3) is 0. The van der Waals surface area contributed by atoms with E-state index in [9.17, 15) is 9.18 Å². The number of aliphatic imine (C=N–C) groups is 1. The second-order valence-corrected chi connectivity index (χ2v) is 4.97. The number of benzene rings is 2. The van der Waals surface area contributed by atoms with E-state index in [2.05, 4.69) is 4.99 Å². The summed E-state index contributed by atoms with van der Waals surface area (Å²) < 4.78 is 18.4. The molecule has 0 saturated carbocycles. The molecule has 0 bridgehead atoms. The molecule has 1 aliphatic rings. The van der Waals surface area contributed by atoms with Crippen LogP contribution in [-0.4, -0.2) is 11.5 Å². The van der Waals surface area contributed by atoms with E-state index in [4.69, 9.17) is 4.42 Å². The van der Waals surface area contributed by atoms with E-state index >= 15 is 0 Å². The predicted octanol–water partition coefficient (Wildman–Crippen LogP) is 4.13. The summed E-state index contributed by atoms with van der Waals surface area (Å²) in [6.07, 6.45) is 1.48. The van der Waals surface area contributed by atoms with E-state index in [1.165, 1.54) is 18.4 Å². The first kappa shape index (κ1) is 12.7. The van der Waals surface area contributed by atoms with Gasteiger partial charge in [-0.15, -0.1) is 0 Å². The van der Waals surface area contributed by atoms with E-state index in [0.717, 1.165) is 5.56 Å². The monoisotopic (exact) mass is 291 g/mol. The fourth-order valence-electron chi connectivity index (χ4n) is 2.59. The Balaban J connectivity index is 1.96. The first-order valence-electron chi connectivity index (χ1n) is 6.80. The van der Waals surface area contributed by atoms with Crippen molar-refractivity contribution in [3.63, 3.8) is 0 Å². The van der Waals surface area contributed by atoms with Crippen molar-refractivity contribution in [1.82, 2.24) is 0 Å². The summed E-state index contributed by atoms with van der Waals surface area (Å²) in [4.78, 5) is 17.0. The summed E-state index contributed by atoms with van der Waals surface area (Å²) in [6.45, 7) is 0. The summed E-state index contributed by atoms with van der Waals surface area (Å²) in [5.41, 5.74) is 3.25. The minimum atomic E-state index is -0.313. The van der Waals surface area contributed by atoms with Gasteiger partial charge in [0, 0.05) is 11.1 Å². The molecule has 1 aliphatic carbocycles. The van der Waals surface area contributed by atoms with Crippen molar-refractivity contribution in [2.24, 2.45) is 4.99 Å². The SMILES string of the molecule is O=C1c2ccccc2C(=Nc2ccc(F)cc2)c2ccoc21. The van der Waals surface area contributed by atoms with Crippen LogP contribution in [0, 0.1) is 5.82 Å². The van der Waals surface area contributed by atoms with Gasteiger partial charge < -0.3 is 4.42 Å². The van der Waals surface area contributed by atoms with E-state index in [1.807, 2.05) is 12.1 Å². The summed E-state index contributed by atoms with van der Waals surface area (Å²) >= 11 is 0. The summed E-state index contributed by atoms with van der Waals surface area (Å²) in [5, 5.41) is 0. The Hall–Kier alpha value is -3.01. The molecule has 0 aliphatic heterocycles. The lowest BCUT2D eigenvalue weighted by Crippen LogP contribution is -2.19. The molecule has 4 rings (SSSR count). The minimum Gasteiger partial charge on any atom is -0.460 e. The van der Waals surface area contributed by atoms with Crippen LogP contribution < -0.4 is 0 Å². The zero-order valence-electron chi connectivity index (χ0n) is 11.4. The first-order valence-corrected chi connectivity index (χ1v) is 6.80. The second kappa shape index (κ2) is 4.77. The number of hydrogen-bond donors (Lipinski definition) is 0. The maximum Gasteiger partial charge on any atom is 0.229 e. The van der Waals surface area contributed by atoms with Crippen LogP contribution >= 0.6 is 0 Å². The third-order valence-corrected chi connectivity index (χ3v) is 3.62. The molecule has 22 heavy (non-hydrogen) atoms. The number of halogens is 1. The number of ketones is 1. The molecular formula is C18H10FNO2. The summed E-state index contributed by atoms with van der Waals surface area (Å²) in [6, 6.07) is 14.9. The van der Waals surface area contributed by atoms with Crippen molar-refractivity contribution in [1.29, 1.82) is 0 Å². The molecule has 3 aromatic rings. The molecule has 106 valence electrons. The van der Waals surface area contributed by atoms with Crippen molar-refractivity contribution in [2.75, 3.05) is 0 Å². The van der Waals surface area contributed by atoms with Gasteiger partial charge in [0.1, 0.15) is 5.82 Å². The molecule has 0 spiro atoms. The van der Waals surface area contributed by atoms with Gasteiger partial charge in [0.2, 0.25) is 5.78 Å². The van der Waals surface area contributed by atoms with Gasteiger partial charge in [0.15, 0.2) is 5.76 Å². The smallest absolute Gasteiger partial charge is 0.229 e. The molecule has 4 heteroatoms. The van der Waals surface area contributed by atoms with Crippen LogP contribution in [0.4, 0.5) is 10.1 Å². The Morgan fingerprint density at radius 2 is 1.59 bits per heavy atom. The maximum atomic E-state index is 13.0. The number of hydrogen-bond acceptors (Lipinski definition) is 3. The molecule has 1 aromatic heterocycles. The van der Waals surface area contributed by atoms with Crippen LogP contribution in [0.2, 0.25) is 0 Å². The van der Waals surface area contributed by atoms with Crippen molar-refractivity contribution >= 4 is 17.2 Å². The standard InChI is InChI=1S/C18H10FNO2/c19-11-5-7-12(8-6-11)20-16-13-3-1-2-4-14(13)17(21)18-15(16)9-10-22-18/h1-10H. The molecule has 1 heterocycles. The molecule has 0 amide bonds. The van der Waals surface area contributed by atoms with Crippen LogP contribution in [0.3, 0.4) is 0 Å². The maximum absolute atomic E-state index is 13.0. The number of carbonyl (C=O) groups excluding carboxylic acids is 1. The van der Waals surface area contributed by atoms with Crippen LogP contribution in [0.25, 0.3) is 0 Å². The highest BCUT2D eigenvalue weighted by Crippen LogP contribution is 2.30. The molecule has 3 nitrogen and oxygen atoms in total. The Morgan fingerprint density at radius 1 is 0.864 bits per heavy atom. The van der Waals surface area contributed by atoms with Gasteiger partial charge >= 0.3 is 0 Å². The summed E-state index contributed by atoms with van der Waals surface area (Å²) in [7, 11) is 0. The molecular weight excluding hydrogens is 281 g/mol. The molecule has 0 atom stereocenters. The average Bonchev–Trinajstić information content (AvgIpc) is 3.03. The molecule has 2 aromatic carbocycles. The Morgan fingerprint density at radius 3 is 2.36 bits per heavy atom. The van der Waals surface area contributed by atoms with Gasteiger partial charge in [0.25, 0.3) is 0 Å². The molecule has 0 unspecified atom stereocenters. The zero-order valence-corrected chi connectivity index (χ0v) is 11.4. The van der Waals surface area contributed by atoms with E-state index in [0.29, 0.717) is 28.3 Å². The number of rotatable bonds is 1. The van der Waals surface area contributed by atoms with Gasteiger partial charge in [-0.2, -0.15) is 0 Å². The van der Waals surface area contributed by atoms with Crippen molar-refractivity contribution < 1.29 is 13.6 Å². The predicted molar refractivity (Wildman–Crippen MR) is 80.3 cm³/mol. The fourth-order valence-corrected chi connectivity index (χ4v) is 2.59. The number of furan rings is 1. The Bertz CT molecular complexity index is 907. The largest absolute Gasteiger partial charge is 0.460 e. The number of fused-ring (bicyclic) bond motifs is 2. The van der Waals surface area contributed by atoms with Crippen LogP contribution in [-0.2, 0) is 0 Å². The minimum absolute atomic E-state index is 0.145. The number of carbonyl (C=O) groups is 1.